The maximum atomic E-state index is 13.1. The van der Waals surface area contributed by atoms with Crippen molar-refractivity contribution in [2.45, 2.75) is 195 Å². The van der Waals surface area contributed by atoms with Crippen molar-refractivity contribution in [3.8, 4) is 17.6 Å². The van der Waals surface area contributed by atoms with Gasteiger partial charge in [-0.1, -0.05) is 26.0 Å². The van der Waals surface area contributed by atoms with Crippen molar-refractivity contribution in [2.24, 2.45) is 5.41 Å². The van der Waals surface area contributed by atoms with Gasteiger partial charge in [0, 0.05) is 47.7 Å². The van der Waals surface area contributed by atoms with Crippen LogP contribution in [0.15, 0.2) is 45.4 Å². The second kappa shape index (κ2) is 27.4. The molecule has 3 aromatic heterocycles. The summed E-state index contributed by atoms with van der Waals surface area (Å²) in [5, 5.41) is 21.2. The Balaban J connectivity index is 0.000000132. The van der Waals surface area contributed by atoms with Crippen LogP contribution < -0.4 is 44.3 Å². The first kappa shape index (κ1) is 68.7. The SMILES string of the molecule is CN(C)C1CCOc2c(S(=O)(=O)NC(=O)Nc3c4c(cc5c3CCC5)CCC4)cnn2C1.CN(C)C1CCn2ncc(S(=O)(=O)NC(=O)Nc3c4c(cc5c3CCC5)CCC4)c2OC1.CN(C)Cc1c2c(c(NC(=O)NS(=O)(=O)c3cnn4c3OCC(C)(C)C4)c3c1CCC3)CCC2. The number of nitrogens with one attached hydrogen (secondary N) is 6. The second-order valence-electron chi connectivity index (χ2n) is 28.8. The van der Waals surface area contributed by atoms with Gasteiger partial charge in [-0.05, 0) is 243 Å². The molecule has 0 saturated heterocycles. The Hall–Kier alpha value is -7.77. The maximum Gasteiger partial charge on any atom is 0.333 e. The fourth-order valence-electron chi connectivity index (χ4n) is 15.7. The zero-order valence-electron chi connectivity index (χ0n) is 57.3. The first-order valence-electron chi connectivity index (χ1n) is 34.3. The summed E-state index contributed by atoms with van der Waals surface area (Å²) in [6.07, 6.45) is 23.0. The predicted molar refractivity (Wildman–Crippen MR) is 368 cm³/mol. The molecule has 6 N–H and O–H groups in total. The number of anilines is 3. The Morgan fingerprint density at radius 2 is 0.878 bits per heavy atom. The number of carbonyl (C=O) groups is 3. The van der Waals surface area contributed by atoms with Gasteiger partial charge in [0.2, 0.25) is 17.6 Å². The number of nitrogens with zero attached hydrogens (tertiary/aromatic N) is 9. The number of aryl methyl sites for hydroxylation is 5. The number of benzene rings is 3. The lowest BCUT2D eigenvalue weighted by Gasteiger charge is -2.30. The number of hydrogen-bond acceptors (Lipinski definition) is 18. The van der Waals surface area contributed by atoms with E-state index in [1.807, 2.05) is 46.9 Å². The molecule has 9 aliphatic rings. The Kier molecular flexibility index (Phi) is 19.2. The molecule has 30 heteroatoms. The summed E-state index contributed by atoms with van der Waals surface area (Å²) >= 11 is 0. The molecule has 0 fully saturated rings. The van der Waals surface area contributed by atoms with Crippen LogP contribution in [-0.2, 0) is 133 Å². The Bertz CT molecular complexity index is 4400. The van der Waals surface area contributed by atoms with Gasteiger partial charge >= 0.3 is 18.1 Å². The highest BCUT2D eigenvalue weighted by molar-refractivity contribution is 7.90. The van der Waals surface area contributed by atoms with E-state index in [1.165, 1.54) is 68.7 Å². The highest BCUT2D eigenvalue weighted by Crippen LogP contribution is 2.44. The first-order chi connectivity index (χ1) is 46.7. The summed E-state index contributed by atoms with van der Waals surface area (Å²) in [4.78, 5) is 44.6. The molecule has 528 valence electrons. The predicted octanol–water partition coefficient (Wildman–Crippen LogP) is 7.02. The van der Waals surface area contributed by atoms with Crippen molar-refractivity contribution in [1.82, 2.24) is 58.2 Å². The Morgan fingerprint density at radius 1 is 0.490 bits per heavy atom. The van der Waals surface area contributed by atoms with E-state index in [2.05, 4.69) is 81.4 Å². The summed E-state index contributed by atoms with van der Waals surface area (Å²) in [7, 11) is -0.412. The van der Waals surface area contributed by atoms with Gasteiger partial charge in [-0.3, -0.25) is 0 Å². The van der Waals surface area contributed by atoms with E-state index >= 15 is 0 Å². The molecular formula is C68H91N15O12S3. The lowest BCUT2D eigenvalue weighted by Crippen LogP contribution is -2.36. The van der Waals surface area contributed by atoms with Gasteiger partial charge < -0.3 is 44.9 Å². The third-order valence-corrected chi connectivity index (χ3v) is 24.5. The number of aromatic nitrogens is 6. The van der Waals surface area contributed by atoms with E-state index < -0.39 is 48.2 Å². The van der Waals surface area contributed by atoms with Gasteiger partial charge in [0.1, 0.15) is 6.61 Å². The minimum atomic E-state index is -4.14. The molecule has 0 spiro atoms. The van der Waals surface area contributed by atoms with Crippen LogP contribution in [0.5, 0.6) is 17.6 Å². The number of likely N-dealkylation sites (N-methyl/N-ethyl adjacent to an activating group) is 2. The van der Waals surface area contributed by atoms with Crippen LogP contribution in [0.2, 0.25) is 0 Å². The fraction of sp³-hybridized carbons (Fsp3) is 0.559. The largest absolute Gasteiger partial charge is 0.477 e. The molecule has 6 aliphatic carbocycles. The number of ether oxygens (including phenoxy) is 3. The zero-order chi connectivity index (χ0) is 69.2. The van der Waals surface area contributed by atoms with Crippen LogP contribution in [0.25, 0.3) is 0 Å². The van der Waals surface area contributed by atoms with Crippen molar-refractivity contribution < 1.29 is 53.8 Å². The van der Waals surface area contributed by atoms with E-state index in [0.717, 1.165) is 174 Å². The molecule has 27 nitrogen and oxygen atoms in total. The molecule has 6 heterocycles. The number of amides is 6. The summed E-state index contributed by atoms with van der Waals surface area (Å²) in [5.74, 6) is 0.529. The molecular weight excluding hydrogens is 1320 g/mol. The van der Waals surface area contributed by atoms with Crippen molar-refractivity contribution >= 4 is 65.2 Å². The molecule has 2 atom stereocenters. The average Bonchev–Trinajstić information content (AvgIpc) is 1.58. The standard InChI is InChI=1S/C24H33N5O4S.2C22H29N5O4S/c1-24(2)13-29-22(33-14-24)20(11-25-29)34(31,32)27-23(30)26-21-17-9-5-7-15(17)19(12-28(3)4)16-8-6-10-18(16)21;1-26(2)16-9-10-31-21-19(12-23-27(21)13-16)32(29,30)25-22(28)24-20-17-7-3-5-14(17)11-15-6-4-8-18(15)20;1-26(2)16-9-10-27-21(31-13-16)19(12-23-27)32(29,30)25-22(28)24-20-17-7-3-5-14(17)11-15-6-4-8-18(15)20/h11H,5-10,12-14H2,1-4H3,(H2,26,27,30);2*11-12,16H,3-10,13H2,1-2H3,(H2,24,25,28). The molecule has 0 radical (unpaired) electrons. The van der Waals surface area contributed by atoms with Crippen LogP contribution >= 0.6 is 0 Å². The summed E-state index contributed by atoms with van der Waals surface area (Å²) in [6, 6.07) is 2.63. The fourth-order valence-corrected chi connectivity index (χ4v) is 18.7. The van der Waals surface area contributed by atoms with Crippen LogP contribution in [0.4, 0.5) is 31.4 Å². The van der Waals surface area contributed by atoms with Gasteiger partial charge in [0.25, 0.3) is 30.1 Å². The van der Waals surface area contributed by atoms with Crippen LogP contribution in [0.3, 0.4) is 0 Å². The third kappa shape index (κ3) is 14.0. The number of rotatable bonds is 13. The first-order valence-corrected chi connectivity index (χ1v) is 38.7. The van der Waals surface area contributed by atoms with E-state index in [4.69, 9.17) is 14.2 Å². The Morgan fingerprint density at radius 3 is 1.33 bits per heavy atom. The summed E-state index contributed by atoms with van der Waals surface area (Å²) < 4.78 is 107. The summed E-state index contributed by atoms with van der Waals surface area (Å²) in [6.45, 7) is 7.66. The molecule has 6 amide bonds. The number of carbonyl (C=O) groups excluding carboxylic acids is 3. The molecule has 3 aromatic carbocycles. The minimum absolute atomic E-state index is 0.115. The van der Waals surface area contributed by atoms with Crippen LogP contribution in [-0.4, -0.2) is 162 Å². The van der Waals surface area contributed by atoms with Crippen molar-refractivity contribution in [3.05, 3.63) is 103 Å². The van der Waals surface area contributed by atoms with Gasteiger partial charge in [-0.25, -0.2) is 67.8 Å². The quantitative estimate of drug-likeness (QED) is 0.0676. The summed E-state index contributed by atoms with van der Waals surface area (Å²) in [5.41, 5.74) is 18.3. The lowest BCUT2D eigenvalue weighted by molar-refractivity contribution is 0.0970. The molecule has 0 saturated carbocycles. The van der Waals surface area contributed by atoms with Crippen molar-refractivity contribution in [1.29, 1.82) is 0 Å². The normalized spacial score (nSPS) is 19.2. The maximum absolute atomic E-state index is 13.1. The average molecular weight is 1410 g/mol. The van der Waals surface area contributed by atoms with Gasteiger partial charge in [0.05, 0.1) is 44.9 Å². The lowest BCUT2D eigenvalue weighted by atomic mass is 9.91. The van der Waals surface area contributed by atoms with Crippen molar-refractivity contribution in [3.63, 3.8) is 0 Å². The zero-order valence-corrected chi connectivity index (χ0v) is 59.7. The number of hydrogen-bond donors (Lipinski definition) is 6. The topological polar surface area (TPSA) is 317 Å². The van der Waals surface area contributed by atoms with E-state index in [9.17, 15) is 39.6 Å². The van der Waals surface area contributed by atoms with E-state index in [1.54, 1.807) is 14.0 Å². The van der Waals surface area contributed by atoms with E-state index in [0.29, 0.717) is 39.5 Å². The number of fused-ring (bicyclic) bond motifs is 9. The Labute approximate surface area is 573 Å². The van der Waals surface area contributed by atoms with Gasteiger partial charge in [-0.15, -0.1) is 0 Å². The van der Waals surface area contributed by atoms with E-state index in [-0.39, 0.29) is 49.8 Å². The minimum Gasteiger partial charge on any atom is -0.477 e. The molecule has 15 rings (SSSR count). The molecule has 0 bridgehead atoms. The monoisotopic (exact) mass is 1410 g/mol. The molecule has 98 heavy (non-hydrogen) atoms. The van der Waals surface area contributed by atoms with Crippen molar-refractivity contribution in [2.75, 3.05) is 78.1 Å². The molecule has 3 aliphatic heterocycles. The molecule has 2 unspecified atom stereocenters. The van der Waals surface area contributed by atoms with Gasteiger partial charge in [-0.2, -0.15) is 15.3 Å². The molecule has 6 aromatic rings. The second-order valence-corrected chi connectivity index (χ2v) is 33.7. The highest BCUT2D eigenvalue weighted by atomic mass is 32.2. The van der Waals surface area contributed by atoms with Crippen LogP contribution in [0, 0.1) is 5.41 Å². The number of sulfonamides is 3. The third-order valence-electron chi connectivity index (χ3n) is 20.5. The smallest absolute Gasteiger partial charge is 0.333 e. The number of urea groups is 3. The van der Waals surface area contributed by atoms with Crippen LogP contribution in [0.1, 0.15) is 138 Å². The van der Waals surface area contributed by atoms with Gasteiger partial charge in [0.15, 0.2) is 14.7 Å². The highest BCUT2D eigenvalue weighted by Gasteiger charge is 2.38.